The highest BCUT2D eigenvalue weighted by atomic mass is 35.5. The highest BCUT2D eigenvalue weighted by Gasteiger charge is 2.25. The molecule has 0 saturated carbocycles. The number of hydrogen-bond donors (Lipinski definition) is 0. The summed E-state index contributed by atoms with van der Waals surface area (Å²) in [4.78, 5) is 8.09. The van der Waals surface area contributed by atoms with Gasteiger partial charge in [0.05, 0.1) is 6.61 Å². The first-order valence-corrected chi connectivity index (χ1v) is 12.1. The van der Waals surface area contributed by atoms with Gasteiger partial charge in [-0.05, 0) is 19.4 Å². The third-order valence-corrected chi connectivity index (χ3v) is 6.45. The number of nitrogens with zero attached hydrogens (tertiary/aromatic N) is 4. The summed E-state index contributed by atoms with van der Waals surface area (Å²) in [7, 11) is -3.85. The molecular weight excluding hydrogens is 466 g/mol. The van der Waals surface area contributed by atoms with Gasteiger partial charge in [-0.25, -0.2) is 17.2 Å². The van der Waals surface area contributed by atoms with Crippen LogP contribution in [0.3, 0.4) is 0 Å². The van der Waals surface area contributed by atoms with Crippen LogP contribution in [0.4, 0.5) is 14.8 Å². The quantitative estimate of drug-likeness (QED) is 0.552. The molecule has 0 aliphatic carbocycles. The van der Waals surface area contributed by atoms with Gasteiger partial charge in [0.25, 0.3) is 0 Å². The Morgan fingerprint density at radius 2 is 1.78 bits per heavy atom. The van der Waals surface area contributed by atoms with Gasteiger partial charge in [-0.2, -0.15) is 4.98 Å². The molecule has 1 saturated heterocycles. The Labute approximate surface area is 193 Å². The number of piperazine rings is 1. The van der Waals surface area contributed by atoms with Crippen molar-refractivity contribution in [3.05, 3.63) is 29.6 Å². The second kappa shape index (κ2) is 10.8. The van der Waals surface area contributed by atoms with Crippen molar-refractivity contribution in [1.82, 2.24) is 15.0 Å². The van der Waals surface area contributed by atoms with Crippen molar-refractivity contribution < 1.29 is 26.5 Å². The van der Waals surface area contributed by atoms with Gasteiger partial charge in [0, 0.05) is 50.5 Å². The Kier molecular flexibility index (Phi) is 8.83. The number of hydrogen-bond acceptors (Lipinski definition) is 8. The number of benzene rings is 1. The van der Waals surface area contributed by atoms with E-state index in [1.54, 1.807) is 0 Å². The Morgan fingerprint density at radius 3 is 2.34 bits per heavy atom. The molecule has 1 aliphatic rings. The molecule has 1 fully saturated rings. The number of halogens is 3. The highest BCUT2D eigenvalue weighted by molar-refractivity contribution is 7.90. The van der Waals surface area contributed by atoms with E-state index >= 15 is 0 Å². The molecule has 32 heavy (non-hydrogen) atoms. The first-order valence-electron chi connectivity index (χ1n) is 10.2. The van der Waals surface area contributed by atoms with E-state index < -0.39 is 26.4 Å². The highest BCUT2D eigenvalue weighted by Crippen LogP contribution is 2.25. The van der Waals surface area contributed by atoms with Gasteiger partial charge in [0.15, 0.2) is 27.2 Å². The van der Waals surface area contributed by atoms with Crippen LogP contribution in [0.5, 0.6) is 5.75 Å². The average molecular weight is 495 g/mol. The average Bonchev–Trinajstić information content (AvgIpc) is 3.20. The molecule has 12 heteroatoms. The van der Waals surface area contributed by atoms with E-state index in [0.717, 1.165) is 38.5 Å². The van der Waals surface area contributed by atoms with E-state index in [-0.39, 0.29) is 36.7 Å². The van der Waals surface area contributed by atoms with Crippen molar-refractivity contribution >= 4 is 28.3 Å². The topological polar surface area (TPSA) is 88.8 Å². The summed E-state index contributed by atoms with van der Waals surface area (Å²) in [5.74, 6) is -1.32. The van der Waals surface area contributed by atoms with E-state index in [9.17, 15) is 17.2 Å². The molecule has 0 N–H and O–H groups in total. The normalized spacial score (nSPS) is 16.2. The molecule has 3 rings (SSSR count). The maximum Gasteiger partial charge on any atom is 0.324 e. The van der Waals surface area contributed by atoms with Gasteiger partial charge >= 0.3 is 6.01 Å². The molecule has 1 aromatic heterocycles. The van der Waals surface area contributed by atoms with E-state index in [1.165, 1.54) is 0 Å². The first-order chi connectivity index (χ1) is 14.6. The van der Waals surface area contributed by atoms with Crippen LogP contribution < -0.4 is 9.64 Å². The number of sulfone groups is 1. The fourth-order valence-electron chi connectivity index (χ4n) is 3.37. The number of aromatic nitrogens is 2. The SMILES string of the molecule is CC(C)c1noc(N2CCN(C(C)CCOc3cc(F)c(S(C)(=O)=O)cc3F)CC2)n1.Cl. The lowest BCUT2D eigenvalue weighted by Crippen LogP contribution is -2.50. The molecule has 0 bridgehead atoms. The molecule has 2 heterocycles. The molecule has 180 valence electrons. The maximum atomic E-state index is 14.1. The summed E-state index contributed by atoms with van der Waals surface area (Å²) in [6.07, 6.45) is 1.43. The number of ether oxygens (including phenoxy) is 1. The lowest BCUT2D eigenvalue weighted by Gasteiger charge is -2.37. The van der Waals surface area contributed by atoms with Crippen LogP contribution in [0.15, 0.2) is 21.6 Å². The van der Waals surface area contributed by atoms with Crippen molar-refractivity contribution in [1.29, 1.82) is 0 Å². The number of rotatable bonds is 8. The largest absolute Gasteiger partial charge is 0.490 e. The van der Waals surface area contributed by atoms with Crippen LogP contribution in [0.25, 0.3) is 0 Å². The lowest BCUT2D eigenvalue weighted by atomic mass is 10.2. The zero-order valence-electron chi connectivity index (χ0n) is 18.5. The molecule has 0 radical (unpaired) electrons. The second-order valence-electron chi connectivity index (χ2n) is 8.08. The molecule has 0 amide bonds. The van der Waals surface area contributed by atoms with Crippen LogP contribution in [0.1, 0.15) is 38.9 Å². The zero-order chi connectivity index (χ0) is 22.8. The van der Waals surface area contributed by atoms with Gasteiger partial charge in [-0.15, -0.1) is 12.4 Å². The molecular formula is C20H29ClF2N4O4S. The minimum absolute atomic E-state index is 0. The van der Waals surface area contributed by atoms with Crippen LogP contribution in [-0.2, 0) is 9.84 Å². The van der Waals surface area contributed by atoms with Crippen molar-refractivity contribution in [2.45, 2.75) is 44.0 Å². The van der Waals surface area contributed by atoms with E-state index in [0.29, 0.717) is 24.3 Å². The minimum atomic E-state index is -3.85. The zero-order valence-corrected chi connectivity index (χ0v) is 20.2. The maximum absolute atomic E-state index is 14.1. The molecule has 0 spiro atoms. The van der Waals surface area contributed by atoms with Gasteiger partial charge in [-0.1, -0.05) is 19.0 Å². The molecule has 1 aliphatic heterocycles. The molecule has 1 unspecified atom stereocenters. The minimum Gasteiger partial charge on any atom is -0.490 e. The predicted octanol–water partition coefficient (Wildman–Crippen LogP) is 3.28. The molecule has 1 aromatic carbocycles. The van der Waals surface area contributed by atoms with Crippen LogP contribution in [0.2, 0.25) is 0 Å². The van der Waals surface area contributed by atoms with Crippen molar-refractivity contribution in [3.63, 3.8) is 0 Å². The Hall–Kier alpha value is -1.98. The van der Waals surface area contributed by atoms with Crippen LogP contribution in [-0.4, -0.2) is 68.5 Å². The monoisotopic (exact) mass is 494 g/mol. The molecule has 2 aromatic rings. The van der Waals surface area contributed by atoms with Crippen molar-refractivity contribution in [3.8, 4) is 5.75 Å². The summed E-state index contributed by atoms with van der Waals surface area (Å²) in [6, 6.07) is 2.14. The molecule has 8 nitrogen and oxygen atoms in total. The fraction of sp³-hybridized carbons (Fsp3) is 0.600. The summed E-state index contributed by atoms with van der Waals surface area (Å²) >= 11 is 0. The predicted molar refractivity (Wildman–Crippen MR) is 118 cm³/mol. The van der Waals surface area contributed by atoms with Gasteiger partial charge in [0.1, 0.15) is 10.7 Å². The van der Waals surface area contributed by atoms with Crippen LogP contribution in [0, 0.1) is 11.6 Å². The van der Waals surface area contributed by atoms with Gasteiger partial charge in [0.2, 0.25) is 0 Å². The Balaban J connectivity index is 0.00000363. The summed E-state index contributed by atoms with van der Waals surface area (Å²) in [5, 5.41) is 4.00. The van der Waals surface area contributed by atoms with Crippen LogP contribution >= 0.6 is 12.4 Å². The van der Waals surface area contributed by atoms with E-state index in [4.69, 9.17) is 9.26 Å². The third kappa shape index (κ3) is 6.29. The van der Waals surface area contributed by atoms with E-state index in [2.05, 4.69) is 19.9 Å². The van der Waals surface area contributed by atoms with Gasteiger partial charge in [-0.3, -0.25) is 4.90 Å². The van der Waals surface area contributed by atoms with Crippen molar-refractivity contribution in [2.75, 3.05) is 43.9 Å². The number of anilines is 1. The standard InChI is InChI=1S/C20H28F2N4O4S.ClH/c1-13(2)19-23-20(30-24-19)26-8-6-25(7-9-26)14(3)5-10-29-17-11-16(22)18(12-15(17)21)31(4,27)28;/h11-14H,5-10H2,1-4H3;1H. The summed E-state index contributed by atoms with van der Waals surface area (Å²) < 4.78 is 61.7. The van der Waals surface area contributed by atoms with Crippen molar-refractivity contribution in [2.24, 2.45) is 0 Å². The van der Waals surface area contributed by atoms with E-state index in [1.807, 2.05) is 20.8 Å². The summed E-state index contributed by atoms with van der Waals surface area (Å²) in [6.45, 7) is 9.34. The Morgan fingerprint density at radius 1 is 1.12 bits per heavy atom. The summed E-state index contributed by atoms with van der Waals surface area (Å²) in [5.41, 5.74) is 0. The lowest BCUT2D eigenvalue weighted by molar-refractivity contribution is 0.162. The first kappa shape index (κ1) is 26.3. The Bertz CT molecular complexity index is 1010. The fourth-order valence-corrected chi connectivity index (χ4v) is 4.10. The third-order valence-electron chi connectivity index (χ3n) is 5.33. The smallest absolute Gasteiger partial charge is 0.324 e. The van der Waals surface area contributed by atoms with Gasteiger partial charge < -0.3 is 14.2 Å². The molecule has 1 atom stereocenters. The second-order valence-corrected chi connectivity index (χ2v) is 10.1.